The summed E-state index contributed by atoms with van der Waals surface area (Å²) in [6.07, 6.45) is 1.47. The summed E-state index contributed by atoms with van der Waals surface area (Å²) in [5, 5.41) is 0. The van der Waals surface area contributed by atoms with Crippen molar-refractivity contribution in [2.24, 2.45) is 5.73 Å². The highest BCUT2D eigenvalue weighted by Gasteiger charge is 2.28. The molecule has 0 aromatic rings. The fraction of sp³-hybridized carbons (Fsp3) is 0.818. The molecule has 0 aromatic heterocycles. The van der Waals surface area contributed by atoms with Gasteiger partial charge in [0, 0.05) is 20.1 Å². The highest BCUT2D eigenvalue weighted by Crippen LogP contribution is 2.16. The molecular formula is C11H21N3O3. The lowest BCUT2D eigenvalue weighted by Crippen LogP contribution is -2.44. The molecule has 1 aliphatic heterocycles. The molecule has 98 valence electrons. The molecule has 0 unspecified atom stereocenters. The maximum atomic E-state index is 11.4. The number of hydrogen-bond donors (Lipinski definition) is 1. The van der Waals surface area contributed by atoms with E-state index in [1.165, 1.54) is 4.90 Å². The van der Waals surface area contributed by atoms with E-state index in [0.29, 0.717) is 19.7 Å². The molecule has 17 heavy (non-hydrogen) atoms. The van der Waals surface area contributed by atoms with Crippen molar-refractivity contribution in [2.75, 3.05) is 33.3 Å². The number of hydrogen-bond acceptors (Lipinski definition) is 4. The van der Waals surface area contributed by atoms with Crippen LogP contribution >= 0.6 is 0 Å². The zero-order valence-corrected chi connectivity index (χ0v) is 10.5. The lowest BCUT2D eigenvalue weighted by atomic mass is 10.2. The predicted octanol–water partition coefficient (Wildman–Crippen LogP) is 0.0244. The molecule has 6 nitrogen and oxygen atoms in total. The minimum atomic E-state index is -0.331. The van der Waals surface area contributed by atoms with Gasteiger partial charge in [-0.2, -0.15) is 0 Å². The first kappa shape index (κ1) is 13.8. The van der Waals surface area contributed by atoms with Crippen molar-refractivity contribution in [3.63, 3.8) is 0 Å². The Balaban J connectivity index is 2.34. The van der Waals surface area contributed by atoms with Crippen molar-refractivity contribution in [1.82, 2.24) is 9.80 Å². The van der Waals surface area contributed by atoms with Gasteiger partial charge in [0.05, 0.1) is 12.6 Å². The quantitative estimate of drug-likeness (QED) is 0.739. The molecule has 1 saturated heterocycles. The molecule has 0 aliphatic carbocycles. The second-order valence-electron chi connectivity index (χ2n) is 4.22. The van der Waals surface area contributed by atoms with Crippen LogP contribution in [0, 0.1) is 0 Å². The average molecular weight is 243 g/mol. The van der Waals surface area contributed by atoms with Crippen LogP contribution in [0.5, 0.6) is 0 Å². The van der Waals surface area contributed by atoms with Crippen molar-refractivity contribution in [1.29, 1.82) is 0 Å². The van der Waals surface area contributed by atoms with Crippen molar-refractivity contribution in [2.45, 2.75) is 25.8 Å². The number of nitrogens with zero attached hydrogens (tertiary/aromatic N) is 2. The highest BCUT2D eigenvalue weighted by atomic mass is 16.5. The molecule has 0 spiro atoms. The molecule has 0 bridgehead atoms. The molecule has 2 N–H and O–H groups in total. The van der Waals surface area contributed by atoms with Crippen LogP contribution in [0.25, 0.3) is 0 Å². The third-order valence-corrected chi connectivity index (χ3v) is 2.99. The van der Waals surface area contributed by atoms with Gasteiger partial charge in [-0.15, -0.1) is 0 Å². The standard InChI is InChI=1S/C11H21N3O3/c1-3-17-11(16)13(2)7-8-14-6-4-5-9(14)10(12)15/h9H,3-8H2,1-2H3,(H2,12,15)/t9-/m1/s1. The van der Waals surface area contributed by atoms with Crippen molar-refractivity contribution >= 4 is 12.0 Å². The minimum Gasteiger partial charge on any atom is -0.450 e. The fourth-order valence-electron chi connectivity index (χ4n) is 2.02. The summed E-state index contributed by atoms with van der Waals surface area (Å²) >= 11 is 0. The highest BCUT2D eigenvalue weighted by molar-refractivity contribution is 5.80. The molecular weight excluding hydrogens is 222 g/mol. The number of amides is 2. The summed E-state index contributed by atoms with van der Waals surface area (Å²) < 4.78 is 4.87. The first-order valence-corrected chi connectivity index (χ1v) is 5.97. The number of likely N-dealkylation sites (N-methyl/N-ethyl adjacent to an activating group) is 1. The number of carbonyl (C=O) groups is 2. The number of likely N-dealkylation sites (tertiary alicyclic amines) is 1. The second-order valence-corrected chi connectivity index (χ2v) is 4.22. The third-order valence-electron chi connectivity index (χ3n) is 2.99. The van der Waals surface area contributed by atoms with Crippen molar-refractivity contribution in [3.8, 4) is 0 Å². The van der Waals surface area contributed by atoms with E-state index in [1.54, 1.807) is 14.0 Å². The lowest BCUT2D eigenvalue weighted by molar-refractivity contribution is -0.122. The summed E-state index contributed by atoms with van der Waals surface area (Å²) in [7, 11) is 1.69. The van der Waals surface area contributed by atoms with Crippen LogP contribution < -0.4 is 5.73 Å². The Kier molecular flexibility index (Phi) is 5.21. The van der Waals surface area contributed by atoms with Crippen LogP contribution in [0.4, 0.5) is 4.79 Å². The third kappa shape index (κ3) is 3.89. The maximum Gasteiger partial charge on any atom is 0.409 e. The zero-order chi connectivity index (χ0) is 12.8. The van der Waals surface area contributed by atoms with Gasteiger partial charge in [0.1, 0.15) is 0 Å². The summed E-state index contributed by atoms with van der Waals surface area (Å²) in [5.74, 6) is -0.277. The lowest BCUT2D eigenvalue weighted by Gasteiger charge is -2.24. The van der Waals surface area contributed by atoms with Crippen LogP contribution in [0.1, 0.15) is 19.8 Å². The normalized spacial score (nSPS) is 20.2. The second kappa shape index (κ2) is 6.44. The van der Waals surface area contributed by atoms with Gasteiger partial charge < -0.3 is 15.4 Å². The number of ether oxygens (including phenoxy) is 1. The van der Waals surface area contributed by atoms with E-state index < -0.39 is 0 Å². The van der Waals surface area contributed by atoms with E-state index in [4.69, 9.17) is 10.5 Å². The Labute approximate surface area is 102 Å². The van der Waals surface area contributed by atoms with E-state index in [2.05, 4.69) is 0 Å². The smallest absolute Gasteiger partial charge is 0.409 e. The molecule has 1 rings (SSSR count). The van der Waals surface area contributed by atoms with E-state index in [-0.39, 0.29) is 18.0 Å². The predicted molar refractivity (Wildman–Crippen MR) is 63.4 cm³/mol. The van der Waals surface area contributed by atoms with Gasteiger partial charge in [0.25, 0.3) is 0 Å². The molecule has 1 fully saturated rings. The van der Waals surface area contributed by atoms with Gasteiger partial charge in [-0.3, -0.25) is 9.69 Å². The summed E-state index contributed by atoms with van der Waals surface area (Å²) in [6.45, 7) is 4.21. The Morgan fingerprint density at radius 1 is 1.53 bits per heavy atom. The molecule has 1 heterocycles. The number of rotatable bonds is 5. The number of nitrogens with two attached hydrogens (primary N) is 1. The molecule has 2 amide bonds. The van der Waals surface area contributed by atoms with Gasteiger partial charge in [-0.05, 0) is 26.3 Å². The topological polar surface area (TPSA) is 75.9 Å². The van der Waals surface area contributed by atoms with Gasteiger partial charge >= 0.3 is 6.09 Å². The molecule has 1 atom stereocenters. The molecule has 0 radical (unpaired) electrons. The van der Waals surface area contributed by atoms with Crippen LogP contribution in [0.3, 0.4) is 0 Å². The number of carbonyl (C=O) groups excluding carboxylic acids is 2. The Morgan fingerprint density at radius 3 is 2.82 bits per heavy atom. The Morgan fingerprint density at radius 2 is 2.24 bits per heavy atom. The van der Waals surface area contributed by atoms with Gasteiger partial charge in [-0.25, -0.2) is 4.79 Å². The SMILES string of the molecule is CCOC(=O)N(C)CCN1CCC[C@@H]1C(N)=O. The molecule has 0 aromatic carbocycles. The van der Waals surface area contributed by atoms with E-state index in [1.807, 2.05) is 4.90 Å². The summed E-state index contributed by atoms with van der Waals surface area (Å²) in [6, 6.07) is -0.175. The molecule has 6 heteroatoms. The van der Waals surface area contributed by atoms with E-state index in [9.17, 15) is 9.59 Å². The molecule has 0 saturated carbocycles. The number of primary amides is 1. The molecule has 1 aliphatic rings. The van der Waals surface area contributed by atoms with Crippen LogP contribution in [0.15, 0.2) is 0 Å². The summed E-state index contributed by atoms with van der Waals surface area (Å²) in [5.41, 5.74) is 5.32. The monoisotopic (exact) mass is 243 g/mol. The summed E-state index contributed by atoms with van der Waals surface area (Å²) in [4.78, 5) is 26.1. The average Bonchev–Trinajstić information content (AvgIpc) is 2.74. The zero-order valence-electron chi connectivity index (χ0n) is 10.5. The Bertz CT molecular complexity index is 283. The minimum absolute atomic E-state index is 0.175. The fourth-order valence-corrected chi connectivity index (χ4v) is 2.02. The largest absolute Gasteiger partial charge is 0.450 e. The van der Waals surface area contributed by atoms with E-state index >= 15 is 0 Å². The van der Waals surface area contributed by atoms with Gasteiger partial charge in [0.2, 0.25) is 5.91 Å². The van der Waals surface area contributed by atoms with Gasteiger partial charge in [0.15, 0.2) is 0 Å². The van der Waals surface area contributed by atoms with Crippen LogP contribution in [-0.2, 0) is 9.53 Å². The van der Waals surface area contributed by atoms with Crippen molar-refractivity contribution < 1.29 is 14.3 Å². The van der Waals surface area contributed by atoms with Crippen LogP contribution in [-0.4, -0.2) is 61.1 Å². The van der Waals surface area contributed by atoms with Crippen molar-refractivity contribution in [3.05, 3.63) is 0 Å². The van der Waals surface area contributed by atoms with E-state index in [0.717, 1.165) is 19.4 Å². The first-order valence-electron chi connectivity index (χ1n) is 5.97. The van der Waals surface area contributed by atoms with Crippen LogP contribution in [0.2, 0.25) is 0 Å². The first-order chi connectivity index (χ1) is 8.06. The van der Waals surface area contributed by atoms with Gasteiger partial charge in [-0.1, -0.05) is 0 Å². The Hall–Kier alpha value is -1.30. The maximum absolute atomic E-state index is 11.4.